The average molecular weight is 606 g/mol. The lowest BCUT2D eigenvalue weighted by atomic mass is 9.88. The van der Waals surface area contributed by atoms with Crippen LogP contribution in [0.4, 0.5) is 35.4 Å². The number of carbonyl (C=O) groups is 2. The standard InChI is InChI=1S/C29H38F3N7O2S/c1-27(2,29(30,31)32)12-14-37-15-16-38(26(37)41)22-11-10-20-24(35-22)39-18-19(17-28(39,3)4)7-6-13-33-21-8-5-9-23(34-21)42-36-25(20)40/h5,8-11,19H,6-7,12-18H2,1-4H3,(H,33,34)(H,36,40)/t19-/m0/s1. The van der Waals surface area contributed by atoms with Crippen LogP contribution in [0.25, 0.3) is 0 Å². The summed E-state index contributed by atoms with van der Waals surface area (Å²) in [5.74, 6) is 1.70. The summed E-state index contributed by atoms with van der Waals surface area (Å²) in [4.78, 5) is 41.4. The molecule has 4 bridgehead atoms. The van der Waals surface area contributed by atoms with Gasteiger partial charge in [0.25, 0.3) is 5.91 Å². The van der Waals surface area contributed by atoms with E-state index in [1.165, 1.54) is 9.80 Å². The van der Waals surface area contributed by atoms with Gasteiger partial charge in [-0.15, -0.1) is 0 Å². The first kappa shape index (κ1) is 30.2. The Balaban J connectivity index is 1.42. The monoisotopic (exact) mass is 605 g/mol. The third-order valence-corrected chi connectivity index (χ3v) is 9.26. The van der Waals surface area contributed by atoms with Gasteiger partial charge in [0.15, 0.2) is 0 Å². The molecule has 0 saturated carbocycles. The second-order valence-electron chi connectivity index (χ2n) is 12.6. The van der Waals surface area contributed by atoms with Gasteiger partial charge in [0.05, 0.1) is 11.0 Å². The first-order chi connectivity index (χ1) is 19.7. The molecule has 2 aromatic rings. The molecule has 0 unspecified atom stereocenters. The molecular weight excluding hydrogens is 567 g/mol. The summed E-state index contributed by atoms with van der Waals surface area (Å²) in [6.45, 7) is 8.70. The summed E-state index contributed by atoms with van der Waals surface area (Å²) < 4.78 is 43.0. The van der Waals surface area contributed by atoms with E-state index in [1.54, 1.807) is 12.1 Å². The Bertz CT molecular complexity index is 1340. The highest BCUT2D eigenvalue weighted by atomic mass is 32.2. The summed E-state index contributed by atoms with van der Waals surface area (Å²) in [5, 5.41) is 4.02. The van der Waals surface area contributed by atoms with Crippen molar-refractivity contribution in [1.82, 2.24) is 19.6 Å². The molecule has 2 fully saturated rings. The van der Waals surface area contributed by atoms with Gasteiger partial charge in [-0.2, -0.15) is 13.2 Å². The Labute approximate surface area is 248 Å². The second kappa shape index (κ2) is 11.5. The molecule has 3 amide bonds. The van der Waals surface area contributed by atoms with Gasteiger partial charge in [0.1, 0.15) is 22.5 Å². The van der Waals surface area contributed by atoms with Crippen molar-refractivity contribution in [2.75, 3.05) is 47.8 Å². The van der Waals surface area contributed by atoms with Gasteiger partial charge in [-0.25, -0.2) is 14.8 Å². The number of rotatable bonds is 4. The molecule has 5 heterocycles. The van der Waals surface area contributed by atoms with Crippen LogP contribution in [0.2, 0.25) is 0 Å². The van der Waals surface area contributed by atoms with Crippen molar-refractivity contribution in [1.29, 1.82) is 0 Å². The maximum atomic E-state index is 13.5. The third-order valence-electron chi connectivity index (χ3n) is 8.53. The fourth-order valence-corrected chi connectivity index (χ4v) is 6.41. The van der Waals surface area contributed by atoms with Crippen LogP contribution < -0.4 is 19.8 Å². The molecular formula is C29H38F3N7O2S. The summed E-state index contributed by atoms with van der Waals surface area (Å²) in [6.07, 6.45) is -1.66. The van der Waals surface area contributed by atoms with Crippen molar-refractivity contribution >= 4 is 41.3 Å². The van der Waals surface area contributed by atoms with Crippen molar-refractivity contribution in [2.24, 2.45) is 11.3 Å². The van der Waals surface area contributed by atoms with E-state index in [1.807, 2.05) is 18.2 Å². The van der Waals surface area contributed by atoms with E-state index in [9.17, 15) is 22.8 Å². The smallest absolute Gasteiger partial charge is 0.370 e. The summed E-state index contributed by atoms with van der Waals surface area (Å²) in [5.41, 5.74) is -1.79. The van der Waals surface area contributed by atoms with Gasteiger partial charge in [0, 0.05) is 50.2 Å². The van der Waals surface area contributed by atoms with Crippen LogP contribution in [0.1, 0.15) is 63.7 Å². The molecule has 5 rings (SSSR count). The van der Waals surface area contributed by atoms with Gasteiger partial charge in [-0.05, 0) is 69.7 Å². The summed E-state index contributed by atoms with van der Waals surface area (Å²) in [6, 6.07) is 8.56. The number of amides is 3. The number of pyridine rings is 2. The number of alkyl halides is 3. The second-order valence-corrected chi connectivity index (χ2v) is 13.4. The van der Waals surface area contributed by atoms with Crippen molar-refractivity contribution in [3.05, 3.63) is 35.9 Å². The Hall–Kier alpha value is -3.22. The third kappa shape index (κ3) is 6.25. The molecule has 0 spiro atoms. The minimum Gasteiger partial charge on any atom is -0.370 e. The number of halogens is 3. The molecule has 3 aliphatic rings. The first-order valence-corrected chi connectivity index (χ1v) is 15.2. The Morgan fingerprint density at radius 3 is 2.64 bits per heavy atom. The lowest BCUT2D eigenvalue weighted by Crippen LogP contribution is -2.41. The number of urea groups is 1. The van der Waals surface area contributed by atoms with E-state index >= 15 is 0 Å². The van der Waals surface area contributed by atoms with Gasteiger partial charge >= 0.3 is 12.2 Å². The van der Waals surface area contributed by atoms with Gasteiger partial charge in [-0.1, -0.05) is 19.9 Å². The molecule has 0 aromatic carbocycles. The van der Waals surface area contributed by atoms with E-state index in [2.05, 4.69) is 33.8 Å². The van der Waals surface area contributed by atoms with Crippen LogP contribution in [0, 0.1) is 11.3 Å². The van der Waals surface area contributed by atoms with Crippen LogP contribution >= 0.6 is 11.9 Å². The fraction of sp³-hybridized carbons (Fsp3) is 0.586. The Morgan fingerprint density at radius 1 is 1.10 bits per heavy atom. The van der Waals surface area contributed by atoms with Crippen LogP contribution in [-0.4, -0.2) is 71.2 Å². The van der Waals surface area contributed by atoms with Crippen LogP contribution in [0.3, 0.4) is 0 Å². The van der Waals surface area contributed by atoms with Crippen LogP contribution in [-0.2, 0) is 0 Å². The molecule has 3 aliphatic heterocycles. The summed E-state index contributed by atoms with van der Waals surface area (Å²) >= 11 is 1.12. The molecule has 13 heteroatoms. The van der Waals surface area contributed by atoms with E-state index in [4.69, 9.17) is 4.98 Å². The lowest BCUT2D eigenvalue weighted by molar-refractivity contribution is -0.214. The van der Waals surface area contributed by atoms with Gasteiger partial charge in [-0.3, -0.25) is 14.4 Å². The van der Waals surface area contributed by atoms with E-state index in [-0.39, 0.29) is 30.4 Å². The average Bonchev–Trinajstić information content (AvgIpc) is 3.45. The van der Waals surface area contributed by atoms with Crippen molar-refractivity contribution in [2.45, 2.75) is 70.1 Å². The lowest BCUT2D eigenvalue weighted by Gasteiger charge is -2.34. The number of anilines is 3. The topological polar surface area (TPSA) is 93.7 Å². The summed E-state index contributed by atoms with van der Waals surface area (Å²) in [7, 11) is 0. The number of carbonyl (C=O) groups excluding carboxylic acids is 2. The number of aromatic nitrogens is 2. The molecule has 1 atom stereocenters. The molecule has 228 valence electrons. The number of nitrogens with one attached hydrogen (secondary N) is 2. The van der Waals surface area contributed by atoms with Crippen molar-refractivity contribution in [3.8, 4) is 0 Å². The van der Waals surface area contributed by atoms with Crippen LogP contribution in [0.5, 0.6) is 0 Å². The highest BCUT2D eigenvalue weighted by Crippen LogP contribution is 2.42. The first-order valence-electron chi connectivity index (χ1n) is 14.4. The Morgan fingerprint density at radius 2 is 1.88 bits per heavy atom. The number of hydrogen-bond acceptors (Lipinski definition) is 7. The van der Waals surface area contributed by atoms with Crippen molar-refractivity contribution in [3.63, 3.8) is 0 Å². The molecule has 2 aromatic heterocycles. The minimum atomic E-state index is -4.35. The largest absolute Gasteiger partial charge is 0.394 e. The van der Waals surface area contributed by atoms with Gasteiger partial charge in [0.2, 0.25) is 0 Å². The van der Waals surface area contributed by atoms with E-state index < -0.39 is 11.6 Å². The van der Waals surface area contributed by atoms with E-state index in [0.29, 0.717) is 41.2 Å². The molecule has 0 aliphatic carbocycles. The normalized spacial score (nSPS) is 21.4. The van der Waals surface area contributed by atoms with Crippen molar-refractivity contribution < 1.29 is 22.8 Å². The molecule has 0 radical (unpaired) electrons. The number of nitrogens with zero attached hydrogens (tertiary/aromatic N) is 5. The fourth-order valence-electron chi connectivity index (χ4n) is 5.81. The zero-order valence-corrected chi connectivity index (χ0v) is 25.2. The maximum absolute atomic E-state index is 13.5. The maximum Gasteiger partial charge on any atom is 0.394 e. The zero-order chi connectivity index (χ0) is 30.3. The number of hydrogen-bond donors (Lipinski definition) is 2. The number of fused-ring (bicyclic) bond motifs is 6. The Kier molecular flexibility index (Phi) is 8.25. The molecule has 2 N–H and O–H groups in total. The molecule has 42 heavy (non-hydrogen) atoms. The molecule has 2 saturated heterocycles. The van der Waals surface area contributed by atoms with Crippen LogP contribution in [0.15, 0.2) is 35.4 Å². The predicted molar refractivity (Wildman–Crippen MR) is 158 cm³/mol. The highest BCUT2D eigenvalue weighted by molar-refractivity contribution is 7.97. The zero-order valence-electron chi connectivity index (χ0n) is 24.4. The highest BCUT2D eigenvalue weighted by Gasteiger charge is 2.47. The quantitative estimate of drug-likeness (QED) is 0.417. The van der Waals surface area contributed by atoms with Gasteiger partial charge < -0.3 is 15.1 Å². The SMILES string of the molecule is CC1(C)C[C@@H]2CCCNc3cccc(n3)SNC(=O)c3ccc(N4CCN(CCC(C)(C)C(F)(F)F)C4=O)nc3N1C2. The predicted octanol–water partition coefficient (Wildman–Crippen LogP) is 5.94. The van der Waals surface area contributed by atoms with E-state index in [0.717, 1.165) is 64.0 Å². The minimum absolute atomic E-state index is 0.00264. The molecule has 9 nitrogen and oxygen atoms in total.